The highest BCUT2D eigenvalue weighted by molar-refractivity contribution is 8.93. The molecule has 0 aromatic carbocycles. The Bertz CT molecular complexity index is 22.5. The SMILES string of the molecule is Br.Br.C1CNNC1. The average molecular weight is 234 g/mol. The van der Waals surface area contributed by atoms with Crippen LogP contribution in [0.1, 0.15) is 6.42 Å². The number of hydrogen-bond donors (Lipinski definition) is 2. The molecule has 1 fully saturated rings. The fraction of sp³-hybridized carbons (Fsp3) is 1.00. The fourth-order valence-electron chi connectivity index (χ4n) is 0.442. The normalized spacial score (nSPS) is 17.1. The highest BCUT2D eigenvalue weighted by atomic mass is 79.9. The predicted molar refractivity (Wildman–Crippen MR) is 41.3 cm³/mol. The summed E-state index contributed by atoms with van der Waals surface area (Å²) in [5.74, 6) is 0. The van der Waals surface area contributed by atoms with Gasteiger partial charge in [-0.3, -0.25) is 10.9 Å². The van der Waals surface area contributed by atoms with Gasteiger partial charge in [0.05, 0.1) is 0 Å². The molecule has 46 valence electrons. The van der Waals surface area contributed by atoms with E-state index in [9.17, 15) is 0 Å². The standard InChI is InChI=1S/C3H8N2.2BrH/c1-2-4-5-3-1;;/h4-5H,1-3H2;2*1H. The van der Waals surface area contributed by atoms with Gasteiger partial charge in [-0.05, 0) is 6.42 Å². The first-order valence-electron chi connectivity index (χ1n) is 1.96. The molecule has 1 aliphatic rings. The lowest BCUT2D eigenvalue weighted by atomic mass is 10.5. The first kappa shape index (κ1) is 10.8. The maximum Gasteiger partial charge on any atom is 0.0112 e. The van der Waals surface area contributed by atoms with Crippen LogP contribution in [0.5, 0.6) is 0 Å². The van der Waals surface area contributed by atoms with Crippen molar-refractivity contribution in [3.05, 3.63) is 0 Å². The second-order valence-electron chi connectivity index (χ2n) is 1.21. The van der Waals surface area contributed by atoms with E-state index in [0.717, 1.165) is 13.1 Å². The minimum atomic E-state index is 0. The molecular formula is C3H10Br2N2. The first-order chi connectivity index (χ1) is 2.50. The molecule has 1 saturated heterocycles. The summed E-state index contributed by atoms with van der Waals surface area (Å²) in [4.78, 5) is 0. The molecule has 0 radical (unpaired) electrons. The smallest absolute Gasteiger partial charge is 0.0112 e. The maximum atomic E-state index is 2.97. The van der Waals surface area contributed by atoms with E-state index >= 15 is 0 Å². The Morgan fingerprint density at radius 3 is 1.43 bits per heavy atom. The summed E-state index contributed by atoms with van der Waals surface area (Å²) >= 11 is 0. The Balaban J connectivity index is 0. The van der Waals surface area contributed by atoms with E-state index in [1.807, 2.05) is 0 Å². The molecule has 0 aromatic rings. The van der Waals surface area contributed by atoms with Gasteiger partial charge in [0.25, 0.3) is 0 Å². The van der Waals surface area contributed by atoms with Gasteiger partial charge in [0.15, 0.2) is 0 Å². The third-order valence-corrected chi connectivity index (χ3v) is 0.729. The van der Waals surface area contributed by atoms with Crippen LogP contribution in [-0.2, 0) is 0 Å². The summed E-state index contributed by atoms with van der Waals surface area (Å²) in [6.07, 6.45) is 1.28. The van der Waals surface area contributed by atoms with Crippen molar-refractivity contribution in [2.24, 2.45) is 0 Å². The number of hydrazine groups is 1. The Morgan fingerprint density at radius 2 is 1.29 bits per heavy atom. The monoisotopic (exact) mass is 232 g/mol. The van der Waals surface area contributed by atoms with Crippen molar-refractivity contribution in [3.8, 4) is 0 Å². The Hall–Kier alpha value is 0.880. The van der Waals surface area contributed by atoms with Gasteiger partial charge in [-0.1, -0.05) is 0 Å². The molecular weight excluding hydrogens is 224 g/mol. The zero-order valence-electron chi connectivity index (χ0n) is 3.94. The van der Waals surface area contributed by atoms with Gasteiger partial charge >= 0.3 is 0 Å². The highest BCUT2D eigenvalue weighted by Crippen LogP contribution is 1.74. The van der Waals surface area contributed by atoms with Gasteiger partial charge in [-0.15, -0.1) is 34.0 Å². The minimum absolute atomic E-state index is 0. The fourth-order valence-corrected chi connectivity index (χ4v) is 0.442. The molecule has 0 aromatic heterocycles. The molecule has 7 heavy (non-hydrogen) atoms. The van der Waals surface area contributed by atoms with Gasteiger partial charge in [0, 0.05) is 13.1 Å². The van der Waals surface area contributed by atoms with Gasteiger partial charge in [0.1, 0.15) is 0 Å². The molecule has 4 heteroatoms. The molecule has 0 bridgehead atoms. The van der Waals surface area contributed by atoms with Crippen molar-refractivity contribution < 1.29 is 0 Å². The molecule has 0 spiro atoms. The predicted octanol–water partition coefficient (Wildman–Crippen LogP) is 0.640. The van der Waals surface area contributed by atoms with Crippen molar-refractivity contribution in [3.63, 3.8) is 0 Å². The van der Waals surface area contributed by atoms with Gasteiger partial charge < -0.3 is 0 Å². The molecule has 0 atom stereocenters. The van der Waals surface area contributed by atoms with E-state index in [1.165, 1.54) is 6.42 Å². The van der Waals surface area contributed by atoms with Crippen LogP contribution in [-0.4, -0.2) is 13.1 Å². The summed E-state index contributed by atoms with van der Waals surface area (Å²) < 4.78 is 0. The molecule has 1 heterocycles. The summed E-state index contributed by atoms with van der Waals surface area (Å²) in [5, 5.41) is 0. The molecule has 0 saturated carbocycles. The third-order valence-electron chi connectivity index (χ3n) is 0.729. The molecule has 1 aliphatic heterocycles. The van der Waals surface area contributed by atoms with Crippen molar-refractivity contribution in [1.82, 2.24) is 10.9 Å². The number of nitrogens with one attached hydrogen (secondary N) is 2. The molecule has 0 unspecified atom stereocenters. The van der Waals surface area contributed by atoms with Crippen LogP contribution in [0.3, 0.4) is 0 Å². The highest BCUT2D eigenvalue weighted by Gasteiger charge is 1.91. The largest absolute Gasteiger partial charge is 0.258 e. The zero-order chi connectivity index (χ0) is 3.54. The number of hydrogen-bond acceptors (Lipinski definition) is 2. The molecule has 1 rings (SSSR count). The average Bonchev–Trinajstić information content (AvgIpc) is 1.76. The van der Waals surface area contributed by atoms with E-state index in [2.05, 4.69) is 10.9 Å². The van der Waals surface area contributed by atoms with Gasteiger partial charge in [0.2, 0.25) is 0 Å². The van der Waals surface area contributed by atoms with Crippen LogP contribution in [0.25, 0.3) is 0 Å². The van der Waals surface area contributed by atoms with Crippen molar-refractivity contribution in [2.45, 2.75) is 6.42 Å². The number of halogens is 2. The summed E-state index contributed by atoms with van der Waals surface area (Å²) in [6.45, 7) is 2.28. The first-order valence-corrected chi connectivity index (χ1v) is 1.96. The van der Waals surface area contributed by atoms with Crippen LogP contribution < -0.4 is 10.9 Å². The maximum absolute atomic E-state index is 2.97. The topological polar surface area (TPSA) is 24.1 Å². The second-order valence-corrected chi connectivity index (χ2v) is 1.21. The lowest BCUT2D eigenvalue weighted by molar-refractivity contribution is 0.689. The summed E-state index contributed by atoms with van der Waals surface area (Å²) in [7, 11) is 0. The minimum Gasteiger partial charge on any atom is -0.258 e. The Kier molecular flexibility index (Phi) is 10.6. The van der Waals surface area contributed by atoms with Gasteiger partial charge in [-0.2, -0.15) is 0 Å². The summed E-state index contributed by atoms with van der Waals surface area (Å²) in [5.41, 5.74) is 5.94. The Labute approximate surface area is 64.6 Å². The third kappa shape index (κ3) is 4.74. The lowest BCUT2D eigenvalue weighted by Crippen LogP contribution is -2.21. The molecule has 2 nitrogen and oxygen atoms in total. The molecule has 2 N–H and O–H groups in total. The van der Waals surface area contributed by atoms with Crippen LogP contribution in [0.15, 0.2) is 0 Å². The van der Waals surface area contributed by atoms with Crippen LogP contribution >= 0.6 is 34.0 Å². The van der Waals surface area contributed by atoms with E-state index < -0.39 is 0 Å². The van der Waals surface area contributed by atoms with E-state index in [4.69, 9.17) is 0 Å². The zero-order valence-corrected chi connectivity index (χ0v) is 7.36. The van der Waals surface area contributed by atoms with E-state index in [1.54, 1.807) is 0 Å². The van der Waals surface area contributed by atoms with E-state index in [-0.39, 0.29) is 34.0 Å². The van der Waals surface area contributed by atoms with Crippen molar-refractivity contribution in [2.75, 3.05) is 13.1 Å². The molecule has 0 amide bonds. The Morgan fingerprint density at radius 1 is 0.857 bits per heavy atom. The number of rotatable bonds is 0. The van der Waals surface area contributed by atoms with E-state index in [0.29, 0.717) is 0 Å². The van der Waals surface area contributed by atoms with Gasteiger partial charge in [-0.25, -0.2) is 0 Å². The lowest BCUT2D eigenvalue weighted by Gasteiger charge is -1.81. The summed E-state index contributed by atoms with van der Waals surface area (Å²) in [6, 6.07) is 0. The quantitative estimate of drug-likeness (QED) is 0.642. The van der Waals surface area contributed by atoms with Crippen LogP contribution in [0.2, 0.25) is 0 Å². The van der Waals surface area contributed by atoms with Crippen LogP contribution in [0.4, 0.5) is 0 Å². The second kappa shape index (κ2) is 6.88. The van der Waals surface area contributed by atoms with Crippen molar-refractivity contribution >= 4 is 34.0 Å². The van der Waals surface area contributed by atoms with Crippen LogP contribution in [0, 0.1) is 0 Å². The molecule has 0 aliphatic carbocycles. The van der Waals surface area contributed by atoms with Crippen molar-refractivity contribution in [1.29, 1.82) is 0 Å².